The highest BCUT2D eigenvalue weighted by atomic mass is 32.2. The number of piperidine rings is 1. The number of carbonyl (C=O) groups excluding carboxylic acids is 1. The molecule has 1 unspecified atom stereocenters. The van der Waals surface area contributed by atoms with Crippen LogP contribution >= 0.6 is 0 Å². The van der Waals surface area contributed by atoms with Gasteiger partial charge in [-0.15, -0.1) is 0 Å². The first-order chi connectivity index (χ1) is 15.3. The van der Waals surface area contributed by atoms with Gasteiger partial charge in [-0.25, -0.2) is 17.6 Å². The Bertz CT molecular complexity index is 917. The molecule has 0 bridgehead atoms. The van der Waals surface area contributed by atoms with Crippen molar-refractivity contribution in [3.63, 3.8) is 0 Å². The molecule has 0 aromatic heterocycles. The van der Waals surface area contributed by atoms with E-state index in [1.807, 2.05) is 11.9 Å². The van der Waals surface area contributed by atoms with Gasteiger partial charge < -0.3 is 15.3 Å². The van der Waals surface area contributed by atoms with Crippen molar-refractivity contribution in [1.29, 1.82) is 0 Å². The molecule has 3 rings (SSSR count). The fourth-order valence-corrected chi connectivity index (χ4v) is 5.49. The molecule has 2 saturated heterocycles. The molecular formula is C20H27F4N3O5S. The molecule has 0 radical (unpaired) electrons. The fraction of sp³-hybridized carbons (Fsp3) is 0.600. The minimum atomic E-state index is -5.08. The lowest BCUT2D eigenvalue weighted by Gasteiger charge is -2.34. The Labute approximate surface area is 189 Å². The number of carbonyl (C=O) groups is 2. The van der Waals surface area contributed by atoms with Crippen LogP contribution < -0.4 is 10.2 Å². The van der Waals surface area contributed by atoms with Crippen molar-refractivity contribution in [1.82, 2.24) is 10.2 Å². The van der Waals surface area contributed by atoms with E-state index in [9.17, 15) is 30.8 Å². The second-order valence-corrected chi connectivity index (χ2v) is 10.3. The highest BCUT2D eigenvalue weighted by molar-refractivity contribution is 7.91. The van der Waals surface area contributed by atoms with Crippen LogP contribution in [0.1, 0.15) is 19.3 Å². The lowest BCUT2D eigenvalue weighted by atomic mass is 10.0. The predicted molar refractivity (Wildman–Crippen MR) is 113 cm³/mol. The van der Waals surface area contributed by atoms with Gasteiger partial charge in [-0.3, -0.25) is 9.69 Å². The number of nitrogens with one attached hydrogen (secondary N) is 1. The van der Waals surface area contributed by atoms with Gasteiger partial charge in [0.05, 0.1) is 18.1 Å². The number of anilines is 1. The molecule has 2 N–H and O–H groups in total. The minimum absolute atomic E-state index is 0.0583. The molecular weight excluding hydrogens is 470 g/mol. The Kier molecular flexibility index (Phi) is 9.06. The molecule has 0 aliphatic carbocycles. The zero-order valence-corrected chi connectivity index (χ0v) is 18.8. The van der Waals surface area contributed by atoms with Crippen LogP contribution in [0.15, 0.2) is 24.3 Å². The molecule has 8 nitrogen and oxygen atoms in total. The summed E-state index contributed by atoms with van der Waals surface area (Å²) in [5.41, 5.74) is 0.998. The van der Waals surface area contributed by atoms with E-state index >= 15 is 0 Å². The largest absolute Gasteiger partial charge is 0.490 e. The van der Waals surface area contributed by atoms with E-state index in [1.165, 1.54) is 12.1 Å². The zero-order chi connectivity index (χ0) is 24.8. The number of hydrogen-bond donors (Lipinski definition) is 2. The molecule has 1 aromatic rings. The Hall–Kier alpha value is -2.41. The van der Waals surface area contributed by atoms with Crippen LogP contribution in [-0.4, -0.2) is 86.7 Å². The van der Waals surface area contributed by atoms with Crippen molar-refractivity contribution < 1.29 is 40.7 Å². The lowest BCUT2D eigenvalue weighted by molar-refractivity contribution is -0.192. The fourth-order valence-electron chi connectivity index (χ4n) is 3.69. The third kappa shape index (κ3) is 8.80. The van der Waals surface area contributed by atoms with E-state index in [0.29, 0.717) is 6.42 Å². The molecule has 1 atom stereocenters. The Morgan fingerprint density at radius 2 is 1.70 bits per heavy atom. The molecule has 2 aliphatic rings. The number of hydrogen-bond acceptors (Lipinski definition) is 6. The Morgan fingerprint density at radius 1 is 1.15 bits per heavy atom. The molecule has 13 heteroatoms. The molecule has 1 aromatic carbocycles. The molecule has 2 heterocycles. The van der Waals surface area contributed by atoms with Crippen molar-refractivity contribution in [3.8, 4) is 0 Å². The molecule has 33 heavy (non-hydrogen) atoms. The van der Waals surface area contributed by atoms with Gasteiger partial charge in [0.25, 0.3) is 0 Å². The summed E-state index contributed by atoms with van der Waals surface area (Å²) in [6.45, 7) is 1.85. The molecule has 186 valence electrons. The van der Waals surface area contributed by atoms with Crippen LogP contribution in [0.3, 0.4) is 0 Å². The third-order valence-electron chi connectivity index (χ3n) is 5.52. The maximum absolute atomic E-state index is 13.0. The molecule has 2 aliphatic heterocycles. The summed E-state index contributed by atoms with van der Waals surface area (Å²) in [6, 6.07) is 6.54. The number of carboxylic acids is 1. The quantitative estimate of drug-likeness (QED) is 0.596. The number of amides is 1. The van der Waals surface area contributed by atoms with Crippen molar-refractivity contribution in [3.05, 3.63) is 30.1 Å². The van der Waals surface area contributed by atoms with Gasteiger partial charge in [-0.2, -0.15) is 13.2 Å². The number of sulfone groups is 1. The van der Waals surface area contributed by atoms with E-state index in [4.69, 9.17) is 9.90 Å². The second kappa shape index (κ2) is 11.1. The minimum Gasteiger partial charge on any atom is -0.475 e. The first-order valence-corrected chi connectivity index (χ1v) is 12.1. The standard InChI is InChI=1S/C18H26FN3O3S.C2HF3O2/c1-21(17-8-11-26(24,25)13-17)12-18(23)20-15-6-9-22(10-7-15)16-4-2-14(19)3-5-16;3-2(4,5)1(6)7/h2-5,15,17H,6-13H2,1H3,(H,20,23);(H,6,7). The van der Waals surface area contributed by atoms with E-state index < -0.39 is 22.0 Å². The highest BCUT2D eigenvalue weighted by Gasteiger charge is 2.38. The summed E-state index contributed by atoms with van der Waals surface area (Å²) in [5, 5.41) is 10.2. The normalized spacial score (nSPS) is 20.8. The Morgan fingerprint density at radius 3 is 2.15 bits per heavy atom. The average molecular weight is 498 g/mol. The van der Waals surface area contributed by atoms with Crippen LogP contribution in [0.2, 0.25) is 0 Å². The summed E-state index contributed by atoms with van der Waals surface area (Å²) in [4.78, 5) is 25.2. The smallest absolute Gasteiger partial charge is 0.475 e. The maximum atomic E-state index is 13.0. The van der Waals surface area contributed by atoms with Crippen molar-refractivity contribution in [2.75, 3.05) is 43.1 Å². The van der Waals surface area contributed by atoms with E-state index in [2.05, 4.69) is 10.2 Å². The van der Waals surface area contributed by atoms with Gasteiger partial charge in [0.15, 0.2) is 9.84 Å². The number of alkyl halides is 3. The monoisotopic (exact) mass is 497 g/mol. The zero-order valence-electron chi connectivity index (χ0n) is 18.0. The molecule has 0 saturated carbocycles. The van der Waals surface area contributed by atoms with E-state index in [1.54, 1.807) is 12.1 Å². The summed E-state index contributed by atoms with van der Waals surface area (Å²) in [5.74, 6) is -2.70. The summed E-state index contributed by atoms with van der Waals surface area (Å²) < 4.78 is 67.9. The number of likely N-dealkylation sites (N-methyl/N-ethyl adjacent to an activating group) is 1. The number of halogens is 4. The summed E-state index contributed by atoms with van der Waals surface area (Å²) >= 11 is 0. The Balaban J connectivity index is 0.000000479. The lowest BCUT2D eigenvalue weighted by Crippen LogP contribution is -2.48. The van der Waals surface area contributed by atoms with Crippen LogP contribution in [-0.2, 0) is 19.4 Å². The summed E-state index contributed by atoms with van der Waals surface area (Å²) in [7, 11) is -1.13. The molecule has 1 amide bonds. The van der Waals surface area contributed by atoms with E-state index in [0.717, 1.165) is 31.6 Å². The molecule has 2 fully saturated rings. The number of nitrogens with zero attached hydrogens (tertiary/aromatic N) is 2. The van der Waals surface area contributed by atoms with Crippen LogP contribution in [0.5, 0.6) is 0 Å². The first kappa shape index (κ1) is 26.8. The van der Waals surface area contributed by atoms with Gasteiger partial charge >= 0.3 is 12.1 Å². The van der Waals surface area contributed by atoms with Crippen molar-refractivity contribution in [2.24, 2.45) is 0 Å². The van der Waals surface area contributed by atoms with Crippen molar-refractivity contribution in [2.45, 2.75) is 37.5 Å². The van der Waals surface area contributed by atoms with E-state index in [-0.39, 0.29) is 41.9 Å². The number of rotatable bonds is 5. The van der Waals surface area contributed by atoms with Gasteiger partial charge in [0.1, 0.15) is 5.82 Å². The summed E-state index contributed by atoms with van der Waals surface area (Å²) in [6.07, 6.45) is -2.81. The van der Waals surface area contributed by atoms with Gasteiger partial charge in [0, 0.05) is 30.9 Å². The van der Waals surface area contributed by atoms with Gasteiger partial charge in [-0.05, 0) is 50.6 Å². The highest BCUT2D eigenvalue weighted by Crippen LogP contribution is 2.21. The van der Waals surface area contributed by atoms with Gasteiger partial charge in [-0.1, -0.05) is 0 Å². The topological polar surface area (TPSA) is 107 Å². The number of benzene rings is 1. The van der Waals surface area contributed by atoms with Crippen LogP contribution in [0.4, 0.5) is 23.2 Å². The second-order valence-electron chi connectivity index (χ2n) is 8.08. The predicted octanol–water partition coefficient (Wildman–Crippen LogP) is 1.66. The van der Waals surface area contributed by atoms with Crippen molar-refractivity contribution >= 4 is 27.4 Å². The number of aliphatic carboxylic acids is 1. The number of carboxylic acid groups (broad SMARTS) is 1. The SMILES string of the molecule is CN(CC(=O)NC1CCN(c2ccc(F)cc2)CC1)C1CCS(=O)(=O)C1.O=C(O)C(F)(F)F. The maximum Gasteiger partial charge on any atom is 0.490 e. The van der Waals surface area contributed by atoms with Gasteiger partial charge in [0.2, 0.25) is 5.91 Å². The average Bonchev–Trinajstić information content (AvgIpc) is 3.09. The third-order valence-corrected chi connectivity index (χ3v) is 7.27. The first-order valence-electron chi connectivity index (χ1n) is 10.3. The molecule has 0 spiro atoms. The van der Waals surface area contributed by atoms with Crippen LogP contribution in [0.25, 0.3) is 0 Å². The van der Waals surface area contributed by atoms with Crippen LogP contribution in [0, 0.1) is 5.82 Å².